The fourth-order valence-electron chi connectivity index (χ4n) is 4.67. The number of carbonyl (C=O) groups is 2. The molecule has 2 aromatic heterocycles. The van der Waals surface area contributed by atoms with Crippen molar-refractivity contribution in [3.63, 3.8) is 0 Å². The number of ether oxygens (including phenoxy) is 3. The lowest BCUT2D eigenvalue weighted by Crippen LogP contribution is -2.38. The van der Waals surface area contributed by atoms with Gasteiger partial charge in [0.05, 0.1) is 21.5 Å². The maximum atomic E-state index is 16.1. The lowest BCUT2D eigenvalue weighted by molar-refractivity contribution is -0.0682. The molecule has 2 fully saturated rings. The number of rotatable bonds is 5. The fourth-order valence-corrected chi connectivity index (χ4v) is 5.23. The van der Waals surface area contributed by atoms with Crippen molar-refractivity contribution in [3.8, 4) is 0 Å². The number of nitrogens with zero attached hydrogens (tertiary/aromatic N) is 3. The number of halogens is 3. The third kappa shape index (κ3) is 4.03. The molecule has 37 heavy (non-hydrogen) atoms. The smallest absolute Gasteiger partial charge is 0.338 e. The molecule has 3 heterocycles. The summed E-state index contributed by atoms with van der Waals surface area (Å²) in [5, 5.41) is 0.645. The molecule has 5 atom stereocenters. The van der Waals surface area contributed by atoms with Gasteiger partial charge in [0.25, 0.3) is 0 Å². The van der Waals surface area contributed by atoms with Crippen LogP contribution in [0.2, 0.25) is 10.2 Å². The van der Waals surface area contributed by atoms with Crippen molar-refractivity contribution in [2.24, 2.45) is 0 Å². The van der Waals surface area contributed by atoms with Crippen LogP contribution in [0.3, 0.4) is 0 Å². The van der Waals surface area contributed by atoms with Crippen LogP contribution < -0.4 is 0 Å². The topological polar surface area (TPSA) is 92.5 Å². The Morgan fingerprint density at radius 3 is 2.24 bits per heavy atom. The second-order valence-electron chi connectivity index (χ2n) is 8.81. The van der Waals surface area contributed by atoms with Crippen LogP contribution in [0.1, 0.15) is 33.4 Å². The van der Waals surface area contributed by atoms with Gasteiger partial charge in [0.1, 0.15) is 23.2 Å². The van der Waals surface area contributed by atoms with Gasteiger partial charge in [-0.15, -0.1) is 0 Å². The summed E-state index contributed by atoms with van der Waals surface area (Å²) in [5.74, 6) is -1.32. The van der Waals surface area contributed by atoms with Crippen LogP contribution in [0.4, 0.5) is 4.39 Å². The number of hydrogen-bond donors (Lipinski definition) is 0. The average Bonchev–Trinajstić information content (AvgIpc) is 3.38. The minimum atomic E-state index is -1.84. The molecule has 188 valence electrons. The second kappa shape index (κ2) is 9.09. The fraction of sp³-hybridized carbons (Fsp3) is 0.231. The van der Waals surface area contributed by atoms with Crippen molar-refractivity contribution in [1.82, 2.24) is 14.5 Å². The molecule has 8 nitrogen and oxygen atoms in total. The van der Waals surface area contributed by atoms with Gasteiger partial charge >= 0.3 is 11.9 Å². The third-order valence-corrected chi connectivity index (χ3v) is 7.14. The van der Waals surface area contributed by atoms with E-state index in [9.17, 15) is 9.59 Å². The highest BCUT2D eigenvalue weighted by molar-refractivity contribution is 6.41. The maximum Gasteiger partial charge on any atom is 0.338 e. The predicted molar refractivity (Wildman–Crippen MR) is 131 cm³/mol. The Kier molecular flexibility index (Phi) is 5.86. The Balaban J connectivity index is 1.34. The van der Waals surface area contributed by atoms with E-state index in [0.717, 1.165) is 0 Å². The molecule has 2 aromatic carbocycles. The predicted octanol–water partition coefficient (Wildman–Crippen LogP) is 5.20. The Morgan fingerprint density at radius 2 is 1.59 bits per heavy atom. The summed E-state index contributed by atoms with van der Waals surface area (Å²) in [6, 6.07) is 16.6. The van der Waals surface area contributed by atoms with Gasteiger partial charge in [0.2, 0.25) is 0 Å². The molecule has 1 spiro atoms. The molecule has 6 rings (SSSR count). The molecule has 0 radical (unpaired) electrons. The summed E-state index contributed by atoms with van der Waals surface area (Å²) >= 11 is 12.5. The van der Waals surface area contributed by atoms with E-state index in [-0.39, 0.29) is 27.8 Å². The summed E-state index contributed by atoms with van der Waals surface area (Å²) in [7, 11) is 0. The minimum absolute atomic E-state index is 0.102. The van der Waals surface area contributed by atoms with E-state index in [0.29, 0.717) is 10.9 Å². The molecule has 1 saturated heterocycles. The van der Waals surface area contributed by atoms with E-state index >= 15 is 4.39 Å². The van der Waals surface area contributed by atoms with Crippen LogP contribution in [0.5, 0.6) is 0 Å². The Hall–Kier alpha value is -3.53. The third-order valence-electron chi connectivity index (χ3n) is 6.57. The number of esters is 2. The summed E-state index contributed by atoms with van der Waals surface area (Å²) in [4.78, 5) is 33.7. The number of aromatic nitrogens is 3. The zero-order valence-electron chi connectivity index (χ0n) is 19.0. The van der Waals surface area contributed by atoms with Gasteiger partial charge in [0, 0.05) is 12.6 Å². The maximum absolute atomic E-state index is 16.1. The number of benzene rings is 2. The van der Waals surface area contributed by atoms with E-state index in [2.05, 4.69) is 9.97 Å². The molecule has 4 aromatic rings. The molecular formula is C26H18Cl2FN3O5. The highest BCUT2D eigenvalue weighted by Crippen LogP contribution is 2.57. The van der Waals surface area contributed by atoms with Gasteiger partial charge in [-0.05, 0) is 24.3 Å². The lowest BCUT2D eigenvalue weighted by Gasteiger charge is -2.20. The number of fused-ring (bicyclic) bond motifs is 1. The van der Waals surface area contributed by atoms with E-state index in [1.165, 1.54) is 17.1 Å². The van der Waals surface area contributed by atoms with Gasteiger partial charge in [-0.3, -0.25) is 0 Å². The van der Waals surface area contributed by atoms with Crippen molar-refractivity contribution in [2.45, 2.75) is 36.6 Å². The molecule has 1 aliphatic heterocycles. The van der Waals surface area contributed by atoms with E-state index in [1.807, 2.05) is 0 Å². The van der Waals surface area contributed by atoms with E-state index < -0.39 is 42.1 Å². The molecule has 0 bridgehead atoms. The monoisotopic (exact) mass is 541 g/mol. The quantitative estimate of drug-likeness (QED) is 0.253. The van der Waals surface area contributed by atoms with Crippen molar-refractivity contribution in [3.05, 3.63) is 94.5 Å². The Labute approximate surface area is 219 Å². The van der Waals surface area contributed by atoms with Crippen molar-refractivity contribution < 1.29 is 28.2 Å². The van der Waals surface area contributed by atoms with Gasteiger partial charge < -0.3 is 18.8 Å². The molecule has 0 unspecified atom stereocenters. The molecule has 2 aliphatic rings. The van der Waals surface area contributed by atoms with Crippen LogP contribution >= 0.6 is 23.2 Å². The standard InChI is InChI=1S/C26H18Cl2FN3O5/c27-16-12-32(22-18(16)21(28)30-13-31-22)23-19(29)20(36-25(34)15-9-5-2-6-10-15)26(37-23)11-17(26)35-24(33)14-7-3-1-4-8-14/h1-10,12-13,17,19-20,23H,11H2/t17-,19+,20+,23-,26-/m1/s1. The molecule has 0 N–H and O–H groups in total. The summed E-state index contributed by atoms with van der Waals surface area (Å²) in [5.41, 5.74) is -0.552. The van der Waals surface area contributed by atoms with Gasteiger partial charge in [-0.2, -0.15) is 0 Å². The van der Waals surface area contributed by atoms with Crippen LogP contribution in [0.15, 0.2) is 73.2 Å². The first-order valence-corrected chi connectivity index (χ1v) is 12.1. The lowest BCUT2D eigenvalue weighted by atomic mass is 10.1. The zero-order valence-corrected chi connectivity index (χ0v) is 20.5. The first kappa shape index (κ1) is 23.8. The first-order chi connectivity index (χ1) is 17.9. The average molecular weight is 542 g/mol. The largest absolute Gasteiger partial charge is 0.455 e. The first-order valence-electron chi connectivity index (χ1n) is 11.4. The van der Waals surface area contributed by atoms with E-state index in [1.54, 1.807) is 60.7 Å². The normalized spacial score (nSPS) is 26.4. The molecule has 1 aliphatic carbocycles. The molecule has 0 amide bonds. The van der Waals surface area contributed by atoms with Crippen LogP contribution in [0.25, 0.3) is 11.0 Å². The van der Waals surface area contributed by atoms with Crippen LogP contribution in [0, 0.1) is 0 Å². The molecule has 11 heteroatoms. The summed E-state index contributed by atoms with van der Waals surface area (Å²) in [6.07, 6.45) is -2.53. The highest BCUT2D eigenvalue weighted by atomic mass is 35.5. The molecular weight excluding hydrogens is 524 g/mol. The number of hydrogen-bond acceptors (Lipinski definition) is 7. The Bertz CT molecular complexity index is 1500. The van der Waals surface area contributed by atoms with Gasteiger partial charge in [-0.1, -0.05) is 59.6 Å². The minimum Gasteiger partial charge on any atom is -0.455 e. The van der Waals surface area contributed by atoms with E-state index in [4.69, 9.17) is 37.4 Å². The summed E-state index contributed by atoms with van der Waals surface area (Å²) < 4.78 is 35.0. The Morgan fingerprint density at radius 1 is 0.973 bits per heavy atom. The number of carbonyl (C=O) groups excluding carboxylic acids is 2. The zero-order chi connectivity index (χ0) is 25.7. The van der Waals surface area contributed by atoms with Crippen LogP contribution in [-0.4, -0.2) is 50.5 Å². The van der Waals surface area contributed by atoms with Gasteiger partial charge in [0.15, 0.2) is 24.1 Å². The van der Waals surface area contributed by atoms with Crippen molar-refractivity contribution >= 4 is 46.2 Å². The highest BCUT2D eigenvalue weighted by Gasteiger charge is 2.74. The SMILES string of the molecule is O=C(O[C@@H]1C[C@@]12O[C@@H](n1cc(Cl)c3c(Cl)ncnc31)[C@@H](F)[C@@H]2OC(=O)c1ccccc1)c1ccccc1. The van der Waals surface area contributed by atoms with Crippen molar-refractivity contribution in [1.29, 1.82) is 0 Å². The molecule has 1 saturated carbocycles. The van der Waals surface area contributed by atoms with Crippen LogP contribution in [-0.2, 0) is 14.2 Å². The summed E-state index contributed by atoms with van der Waals surface area (Å²) in [6.45, 7) is 0. The second-order valence-corrected chi connectivity index (χ2v) is 9.58. The van der Waals surface area contributed by atoms with Gasteiger partial charge in [-0.25, -0.2) is 23.9 Å². The number of alkyl halides is 1. The van der Waals surface area contributed by atoms with Crippen molar-refractivity contribution in [2.75, 3.05) is 0 Å².